The van der Waals surface area contributed by atoms with Crippen LogP contribution in [0.25, 0.3) is 0 Å². The molecule has 0 aliphatic heterocycles. The number of hydrogen-bond donors (Lipinski definition) is 1. The molecule has 0 bridgehead atoms. The topological polar surface area (TPSA) is 60.0 Å². The third kappa shape index (κ3) is 5.82. The number of anilines is 1. The highest BCUT2D eigenvalue weighted by Gasteiger charge is 2.14. The van der Waals surface area contributed by atoms with Crippen LogP contribution >= 0.6 is 11.6 Å². The lowest BCUT2D eigenvalue weighted by atomic mass is 10.2. The van der Waals surface area contributed by atoms with Crippen LogP contribution in [0.1, 0.15) is 0 Å². The van der Waals surface area contributed by atoms with E-state index in [1.54, 1.807) is 12.1 Å². The second kappa shape index (κ2) is 9.89. The van der Waals surface area contributed by atoms with Crippen LogP contribution in [-0.2, 0) is 4.79 Å². The largest absolute Gasteiger partial charge is 0.495 e. The van der Waals surface area contributed by atoms with E-state index in [1.165, 1.54) is 14.2 Å². The van der Waals surface area contributed by atoms with Crippen molar-refractivity contribution in [2.24, 2.45) is 0 Å². The Morgan fingerprint density at radius 1 is 1.12 bits per heavy atom. The fraction of sp³-hybridized carbons (Fsp3) is 0.316. The smallest absolute Gasteiger partial charge is 0.238 e. The van der Waals surface area contributed by atoms with E-state index in [-0.39, 0.29) is 12.5 Å². The van der Waals surface area contributed by atoms with Crippen LogP contribution in [-0.4, -0.2) is 51.8 Å². The van der Waals surface area contributed by atoms with Crippen LogP contribution in [0.15, 0.2) is 42.5 Å². The molecular weight excluding hydrogens is 356 g/mol. The fourth-order valence-electron chi connectivity index (χ4n) is 2.31. The molecule has 0 heterocycles. The van der Waals surface area contributed by atoms with Crippen LogP contribution in [0.5, 0.6) is 17.2 Å². The lowest BCUT2D eigenvalue weighted by Crippen LogP contribution is -2.33. The van der Waals surface area contributed by atoms with E-state index in [4.69, 9.17) is 25.8 Å². The predicted molar refractivity (Wildman–Crippen MR) is 103 cm³/mol. The van der Waals surface area contributed by atoms with Gasteiger partial charge in [-0.3, -0.25) is 9.69 Å². The van der Waals surface area contributed by atoms with Crippen LogP contribution in [0.3, 0.4) is 0 Å². The van der Waals surface area contributed by atoms with Gasteiger partial charge in [0, 0.05) is 18.7 Å². The van der Waals surface area contributed by atoms with Crippen molar-refractivity contribution in [1.29, 1.82) is 0 Å². The molecule has 0 saturated heterocycles. The fourth-order valence-corrected chi connectivity index (χ4v) is 2.54. The number of ether oxygens (including phenoxy) is 3. The first-order valence-corrected chi connectivity index (χ1v) is 8.49. The van der Waals surface area contributed by atoms with Gasteiger partial charge in [0.05, 0.1) is 31.5 Å². The maximum Gasteiger partial charge on any atom is 0.238 e. The number of methoxy groups -OCH3 is 2. The molecule has 1 N–H and O–H groups in total. The lowest BCUT2D eigenvalue weighted by Gasteiger charge is -2.18. The third-order valence-corrected chi connectivity index (χ3v) is 3.94. The van der Waals surface area contributed by atoms with E-state index in [9.17, 15) is 4.79 Å². The zero-order valence-electron chi connectivity index (χ0n) is 15.1. The summed E-state index contributed by atoms with van der Waals surface area (Å²) in [5.41, 5.74) is 0.507. The van der Waals surface area contributed by atoms with E-state index in [2.05, 4.69) is 5.32 Å². The molecule has 0 saturated carbocycles. The molecule has 0 aliphatic rings. The summed E-state index contributed by atoms with van der Waals surface area (Å²) in [5.74, 6) is 1.57. The summed E-state index contributed by atoms with van der Waals surface area (Å²) in [6, 6.07) is 12.8. The Hall–Kier alpha value is -2.44. The Morgan fingerprint density at radius 3 is 2.46 bits per heavy atom. The number of hydrogen-bond acceptors (Lipinski definition) is 5. The van der Waals surface area contributed by atoms with E-state index in [1.807, 2.05) is 42.3 Å². The predicted octanol–water partition coefficient (Wildman–Crippen LogP) is 3.31. The highest BCUT2D eigenvalue weighted by atomic mass is 35.5. The van der Waals surface area contributed by atoms with Crippen molar-refractivity contribution in [3.63, 3.8) is 0 Å². The second-order valence-corrected chi connectivity index (χ2v) is 6.04. The number of carbonyl (C=O) groups is 1. The molecule has 0 atom stereocenters. The average molecular weight is 379 g/mol. The molecule has 1 amide bonds. The van der Waals surface area contributed by atoms with Crippen molar-refractivity contribution in [2.75, 3.05) is 46.3 Å². The SMILES string of the molecule is COc1cc(NC(=O)CN(C)CCOc2ccccc2)c(OC)cc1Cl. The summed E-state index contributed by atoms with van der Waals surface area (Å²) in [7, 11) is 4.88. The summed E-state index contributed by atoms with van der Waals surface area (Å²) < 4.78 is 16.1. The van der Waals surface area contributed by atoms with Gasteiger partial charge in [-0.1, -0.05) is 29.8 Å². The minimum atomic E-state index is -0.171. The summed E-state index contributed by atoms with van der Waals surface area (Å²) >= 11 is 6.07. The number of halogens is 1. The Balaban J connectivity index is 1.85. The van der Waals surface area contributed by atoms with Crippen LogP contribution in [0, 0.1) is 0 Å². The van der Waals surface area contributed by atoms with Gasteiger partial charge >= 0.3 is 0 Å². The standard InChI is InChI=1S/C19H23ClN2O4/c1-22(9-10-26-14-7-5-4-6-8-14)13-19(23)21-16-12-17(24-2)15(20)11-18(16)25-3/h4-8,11-12H,9-10,13H2,1-3H3,(H,21,23). The highest BCUT2D eigenvalue weighted by molar-refractivity contribution is 6.32. The van der Waals surface area contributed by atoms with Crippen molar-refractivity contribution in [3.8, 4) is 17.2 Å². The number of nitrogens with one attached hydrogen (secondary N) is 1. The number of benzene rings is 2. The van der Waals surface area contributed by atoms with Crippen molar-refractivity contribution in [2.45, 2.75) is 0 Å². The second-order valence-electron chi connectivity index (χ2n) is 5.63. The van der Waals surface area contributed by atoms with Crippen molar-refractivity contribution in [3.05, 3.63) is 47.5 Å². The summed E-state index contributed by atoms with van der Waals surface area (Å²) in [4.78, 5) is 14.2. The van der Waals surface area contributed by atoms with Gasteiger partial charge in [-0.15, -0.1) is 0 Å². The van der Waals surface area contributed by atoms with Crippen LogP contribution in [0.4, 0.5) is 5.69 Å². The lowest BCUT2D eigenvalue weighted by molar-refractivity contribution is -0.117. The highest BCUT2D eigenvalue weighted by Crippen LogP contribution is 2.35. The van der Waals surface area contributed by atoms with E-state index in [0.717, 1.165) is 5.75 Å². The van der Waals surface area contributed by atoms with E-state index in [0.29, 0.717) is 35.4 Å². The average Bonchev–Trinajstić information content (AvgIpc) is 2.63. The molecule has 0 aromatic heterocycles. The van der Waals surface area contributed by atoms with Crippen molar-refractivity contribution >= 4 is 23.2 Å². The van der Waals surface area contributed by atoms with Gasteiger partial charge in [0.15, 0.2) is 0 Å². The molecule has 0 spiro atoms. The van der Waals surface area contributed by atoms with E-state index < -0.39 is 0 Å². The first-order valence-electron chi connectivity index (χ1n) is 8.11. The van der Waals surface area contributed by atoms with Gasteiger partial charge in [0.2, 0.25) is 5.91 Å². The summed E-state index contributed by atoms with van der Waals surface area (Å²) in [5, 5.41) is 3.23. The Labute approximate surface area is 158 Å². The summed E-state index contributed by atoms with van der Waals surface area (Å²) in [6.45, 7) is 1.32. The first kappa shape index (κ1) is 19.9. The molecule has 140 valence electrons. The Bertz CT molecular complexity index is 725. The van der Waals surface area contributed by atoms with Crippen molar-refractivity contribution < 1.29 is 19.0 Å². The summed E-state index contributed by atoms with van der Waals surface area (Å²) in [6.07, 6.45) is 0. The number of likely N-dealkylation sites (N-methyl/N-ethyl adjacent to an activating group) is 1. The molecule has 2 aromatic carbocycles. The minimum absolute atomic E-state index is 0.171. The maximum atomic E-state index is 12.3. The number of nitrogens with zero attached hydrogens (tertiary/aromatic N) is 1. The molecule has 7 heteroatoms. The maximum absolute atomic E-state index is 12.3. The van der Waals surface area contributed by atoms with Gasteiger partial charge in [0.25, 0.3) is 0 Å². The third-order valence-electron chi connectivity index (χ3n) is 3.65. The normalized spacial score (nSPS) is 10.5. The van der Waals surface area contributed by atoms with Gasteiger partial charge in [0.1, 0.15) is 23.9 Å². The number of rotatable bonds is 9. The van der Waals surface area contributed by atoms with Gasteiger partial charge in [-0.25, -0.2) is 0 Å². The van der Waals surface area contributed by atoms with Gasteiger partial charge < -0.3 is 19.5 Å². The Morgan fingerprint density at radius 2 is 1.81 bits per heavy atom. The zero-order chi connectivity index (χ0) is 18.9. The zero-order valence-corrected chi connectivity index (χ0v) is 15.9. The molecule has 2 rings (SSSR count). The monoisotopic (exact) mass is 378 g/mol. The molecule has 0 fully saturated rings. The van der Waals surface area contributed by atoms with Crippen molar-refractivity contribution in [1.82, 2.24) is 4.90 Å². The van der Waals surface area contributed by atoms with Crippen LogP contribution < -0.4 is 19.5 Å². The quantitative estimate of drug-likeness (QED) is 0.725. The van der Waals surface area contributed by atoms with Gasteiger partial charge in [-0.2, -0.15) is 0 Å². The number of para-hydroxylation sites is 1. The Kier molecular flexibility index (Phi) is 7.56. The van der Waals surface area contributed by atoms with Crippen LogP contribution in [0.2, 0.25) is 5.02 Å². The van der Waals surface area contributed by atoms with E-state index >= 15 is 0 Å². The molecular formula is C19H23ClN2O4. The molecule has 6 nitrogen and oxygen atoms in total. The number of carbonyl (C=O) groups excluding carboxylic acids is 1. The number of amides is 1. The first-order chi connectivity index (χ1) is 12.5. The van der Waals surface area contributed by atoms with Gasteiger partial charge in [-0.05, 0) is 19.2 Å². The minimum Gasteiger partial charge on any atom is -0.495 e. The molecule has 0 aliphatic carbocycles. The molecule has 0 radical (unpaired) electrons. The molecule has 2 aromatic rings. The molecule has 26 heavy (non-hydrogen) atoms. The molecule has 0 unspecified atom stereocenters.